The Hall–Kier alpha value is -1.59. The zero-order valence-corrected chi connectivity index (χ0v) is 7.22. The number of amides is 1. The van der Waals surface area contributed by atoms with Gasteiger partial charge in [0.1, 0.15) is 5.69 Å². The molecule has 0 saturated carbocycles. The third kappa shape index (κ3) is 1.84. The van der Waals surface area contributed by atoms with Crippen molar-refractivity contribution in [3.05, 3.63) is 28.8 Å². The molecule has 1 amide bonds. The van der Waals surface area contributed by atoms with Gasteiger partial charge in [-0.2, -0.15) is 0 Å². The van der Waals surface area contributed by atoms with Crippen LogP contribution in [0.15, 0.2) is 6.07 Å². The van der Waals surface area contributed by atoms with Gasteiger partial charge >= 0.3 is 0 Å². The van der Waals surface area contributed by atoms with E-state index in [1.165, 1.54) is 6.92 Å². The predicted octanol–water partition coefficient (Wildman–Crippen LogP) is 1.57. The van der Waals surface area contributed by atoms with Crippen molar-refractivity contribution in [2.75, 3.05) is 0 Å². The summed E-state index contributed by atoms with van der Waals surface area (Å²) in [7, 11) is 0. The zero-order chi connectivity index (χ0) is 10.9. The lowest BCUT2D eigenvalue weighted by Crippen LogP contribution is -2.15. The molecule has 1 aromatic heterocycles. The van der Waals surface area contributed by atoms with Crippen molar-refractivity contribution in [1.82, 2.24) is 4.98 Å². The first-order valence-electron chi connectivity index (χ1n) is 3.68. The van der Waals surface area contributed by atoms with Gasteiger partial charge in [-0.15, -0.1) is 0 Å². The maximum Gasteiger partial charge on any atom is 0.283 e. The molecule has 0 aliphatic heterocycles. The van der Waals surface area contributed by atoms with Crippen molar-refractivity contribution in [2.45, 2.75) is 13.3 Å². The number of rotatable bonds is 2. The molecule has 0 fully saturated rings. The van der Waals surface area contributed by atoms with Crippen LogP contribution in [0.25, 0.3) is 0 Å². The zero-order valence-electron chi connectivity index (χ0n) is 7.22. The van der Waals surface area contributed by atoms with Gasteiger partial charge in [0.05, 0.1) is 11.3 Å². The minimum absolute atomic E-state index is 0.00537. The Kier molecular flexibility index (Phi) is 2.73. The number of primary amides is 1. The summed E-state index contributed by atoms with van der Waals surface area (Å²) in [6.07, 6.45) is -3.00. The molecule has 0 spiro atoms. The molecule has 0 bridgehead atoms. The summed E-state index contributed by atoms with van der Waals surface area (Å²) in [4.78, 5) is 14.0. The third-order valence-electron chi connectivity index (χ3n) is 1.67. The molecule has 3 nitrogen and oxygen atoms in total. The molecule has 6 heteroatoms. The van der Waals surface area contributed by atoms with Gasteiger partial charge in [-0.05, 0) is 13.0 Å². The number of nitrogens with two attached hydrogens (primary N) is 1. The Labute approximate surface area is 77.7 Å². The Balaban J connectivity index is 3.31. The second-order valence-electron chi connectivity index (χ2n) is 2.65. The first-order chi connectivity index (χ1) is 6.43. The van der Waals surface area contributed by atoms with E-state index in [9.17, 15) is 18.0 Å². The first-order valence-corrected chi connectivity index (χ1v) is 3.68. The number of nitrogens with zero attached hydrogens (tertiary/aromatic N) is 1. The van der Waals surface area contributed by atoms with Crippen molar-refractivity contribution in [2.24, 2.45) is 5.73 Å². The summed E-state index contributed by atoms with van der Waals surface area (Å²) < 4.78 is 37.1. The summed E-state index contributed by atoms with van der Waals surface area (Å²) >= 11 is 0. The third-order valence-corrected chi connectivity index (χ3v) is 1.67. The normalized spacial score (nSPS) is 10.6. The topological polar surface area (TPSA) is 56.0 Å². The molecule has 0 atom stereocenters. The number of hydrogen-bond donors (Lipinski definition) is 1. The molecular weight excluding hydrogens is 197 g/mol. The molecule has 0 aliphatic carbocycles. The molecule has 14 heavy (non-hydrogen) atoms. The number of halogens is 3. The minimum Gasteiger partial charge on any atom is -0.366 e. The van der Waals surface area contributed by atoms with Gasteiger partial charge < -0.3 is 5.73 Å². The number of alkyl halides is 2. The monoisotopic (exact) mass is 204 g/mol. The summed E-state index contributed by atoms with van der Waals surface area (Å²) in [5.74, 6) is -2.12. The van der Waals surface area contributed by atoms with Crippen molar-refractivity contribution in [1.29, 1.82) is 0 Å². The smallest absolute Gasteiger partial charge is 0.283 e. The van der Waals surface area contributed by atoms with E-state index in [4.69, 9.17) is 5.73 Å². The van der Waals surface area contributed by atoms with Gasteiger partial charge in [0.2, 0.25) is 0 Å². The lowest BCUT2D eigenvalue weighted by Gasteiger charge is -2.05. The van der Waals surface area contributed by atoms with Crippen LogP contribution in [0.4, 0.5) is 13.2 Å². The van der Waals surface area contributed by atoms with Gasteiger partial charge in [-0.1, -0.05) is 0 Å². The van der Waals surface area contributed by atoms with Gasteiger partial charge in [-0.25, -0.2) is 18.2 Å². The number of carbonyl (C=O) groups is 1. The minimum atomic E-state index is -3.00. The van der Waals surface area contributed by atoms with E-state index in [0.717, 1.165) is 0 Å². The first kappa shape index (κ1) is 10.5. The predicted molar refractivity (Wildman–Crippen MR) is 42.4 cm³/mol. The molecule has 2 N–H and O–H groups in total. The van der Waals surface area contributed by atoms with E-state index in [1.807, 2.05) is 0 Å². The van der Waals surface area contributed by atoms with Crippen molar-refractivity contribution in [3.8, 4) is 0 Å². The van der Waals surface area contributed by atoms with Crippen molar-refractivity contribution >= 4 is 5.91 Å². The quantitative estimate of drug-likeness (QED) is 0.794. The summed E-state index contributed by atoms with van der Waals surface area (Å²) in [6, 6.07) is 0.673. The van der Waals surface area contributed by atoms with Crippen LogP contribution in [0.2, 0.25) is 0 Å². The number of pyridine rings is 1. The standard InChI is InChI=1S/C8H7F3N2O/c1-3-4(8(12)14)2-5(9)6(13-3)7(10)11/h2,7H,1H3,(H2,12,14). The highest BCUT2D eigenvalue weighted by Gasteiger charge is 2.18. The Morgan fingerprint density at radius 2 is 2.14 bits per heavy atom. The van der Waals surface area contributed by atoms with Crippen molar-refractivity contribution in [3.63, 3.8) is 0 Å². The highest BCUT2D eigenvalue weighted by atomic mass is 19.3. The van der Waals surface area contributed by atoms with E-state index in [-0.39, 0.29) is 11.3 Å². The Morgan fingerprint density at radius 3 is 2.57 bits per heavy atom. The largest absolute Gasteiger partial charge is 0.366 e. The van der Waals surface area contributed by atoms with Crippen LogP contribution in [0.3, 0.4) is 0 Å². The second kappa shape index (κ2) is 3.65. The average molecular weight is 204 g/mol. The molecule has 0 saturated heterocycles. The van der Waals surface area contributed by atoms with Gasteiger partial charge in [0.15, 0.2) is 5.82 Å². The summed E-state index contributed by atoms with van der Waals surface area (Å²) in [6.45, 7) is 1.31. The van der Waals surface area contributed by atoms with Crippen molar-refractivity contribution < 1.29 is 18.0 Å². The maximum atomic E-state index is 12.9. The fourth-order valence-electron chi connectivity index (χ4n) is 1.00. The SMILES string of the molecule is Cc1nc(C(F)F)c(F)cc1C(N)=O. The maximum absolute atomic E-state index is 12.9. The number of aryl methyl sites for hydroxylation is 1. The molecule has 0 aromatic carbocycles. The molecule has 0 unspecified atom stereocenters. The van der Waals surface area contributed by atoms with Crippen LogP contribution < -0.4 is 5.73 Å². The van der Waals surface area contributed by atoms with Crippen LogP contribution in [0.5, 0.6) is 0 Å². The molecule has 1 rings (SSSR count). The molecule has 76 valence electrons. The summed E-state index contributed by atoms with van der Waals surface area (Å²) in [5, 5.41) is 0. The summed E-state index contributed by atoms with van der Waals surface area (Å²) in [5.41, 5.74) is 3.72. The molecule has 1 heterocycles. The van der Waals surface area contributed by atoms with E-state index >= 15 is 0 Å². The van der Waals surface area contributed by atoms with Gasteiger partial charge in [0, 0.05) is 0 Å². The highest BCUT2D eigenvalue weighted by Crippen LogP contribution is 2.21. The highest BCUT2D eigenvalue weighted by molar-refractivity contribution is 5.93. The number of aromatic nitrogens is 1. The Bertz CT molecular complexity index is 379. The molecule has 0 aliphatic rings. The molecule has 0 radical (unpaired) electrons. The lowest BCUT2D eigenvalue weighted by atomic mass is 10.1. The van der Waals surface area contributed by atoms with Crippen LogP contribution in [0.1, 0.15) is 28.2 Å². The second-order valence-corrected chi connectivity index (χ2v) is 2.65. The average Bonchev–Trinajstić information content (AvgIpc) is 2.07. The van der Waals surface area contributed by atoms with Gasteiger partial charge in [0.25, 0.3) is 12.3 Å². The fraction of sp³-hybridized carbons (Fsp3) is 0.250. The number of hydrogen-bond acceptors (Lipinski definition) is 2. The lowest BCUT2D eigenvalue weighted by molar-refractivity contribution is 0.0997. The van der Waals surface area contributed by atoms with E-state index < -0.39 is 23.8 Å². The Morgan fingerprint density at radius 1 is 1.57 bits per heavy atom. The number of carbonyl (C=O) groups excluding carboxylic acids is 1. The van der Waals surface area contributed by atoms with E-state index in [1.54, 1.807) is 0 Å². The fourth-order valence-corrected chi connectivity index (χ4v) is 1.00. The molecular formula is C8H7F3N2O. The van der Waals surface area contributed by atoms with E-state index in [2.05, 4.69) is 4.98 Å². The van der Waals surface area contributed by atoms with E-state index in [0.29, 0.717) is 6.07 Å². The van der Waals surface area contributed by atoms with Crippen LogP contribution >= 0.6 is 0 Å². The van der Waals surface area contributed by atoms with Crippen LogP contribution in [0, 0.1) is 12.7 Å². The molecule has 1 aromatic rings. The van der Waals surface area contributed by atoms with Gasteiger partial charge in [-0.3, -0.25) is 4.79 Å². The van der Waals surface area contributed by atoms with Crippen LogP contribution in [-0.2, 0) is 0 Å². The van der Waals surface area contributed by atoms with Crippen LogP contribution in [-0.4, -0.2) is 10.9 Å².